The van der Waals surface area contributed by atoms with Crippen LogP contribution in [0, 0.1) is 5.92 Å². The van der Waals surface area contributed by atoms with E-state index < -0.39 is 22.0 Å². The van der Waals surface area contributed by atoms with E-state index in [4.69, 9.17) is 0 Å². The first-order valence-electron chi connectivity index (χ1n) is 7.03. The lowest BCUT2D eigenvalue weighted by Crippen LogP contribution is -2.41. The largest absolute Gasteiger partial charge is 0.480 e. The Morgan fingerprint density at radius 2 is 1.77 bits per heavy atom. The summed E-state index contributed by atoms with van der Waals surface area (Å²) in [5.74, 6) is -1.10. The SMILES string of the molecule is CC(C)C[C@H](NS(=O)(=O)c1ccc2ccccc2c1)C(=O)O. The molecular formula is C16H19NO4S. The van der Waals surface area contributed by atoms with Gasteiger partial charge in [-0.3, -0.25) is 4.79 Å². The molecule has 118 valence electrons. The molecule has 0 spiro atoms. The number of rotatable bonds is 6. The zero-order chi connectivity index (χ0) is 16.3. The second-order valence-corrected chi connectivity index (χ2v) is 7.36. The van der Waals surface area contributed by atoms with E-state index in [1.54, 1.807) is 12.1 Å². The van der Waals surface area contributed by atoms with Gasteiger partial charge in [-0.25, -0.2) is 8.42 Å². The summed E-state index contributed by atoms with van der Waals surface area (Å²) < 4.78 is 27.1. The number of nitrogens with one attached hydrogen (secondary N) is 1. The normalized spacial score (nSPS) is 13.4. The van der Waals surface area contributed by atoms with Crippen molar-refractivity contribution >= 4 is 26.8 Å². The average Bonchev–Trinajstić information content (AvgIpc) is 2.45. The molecule has 2 N–H and O–H groups in total. The highest BCUT2D eigenvalue weighted by Gasteiger charge is 2.26. The molecule has 0 aromatic heterocycles. The third-order valence-corrected chi connectivity index (χ3v) is 4.80. The Balaban J connectivity index is 2.33. The van der Waals surface area contributed by atoms with Gasteiger partial charge in [-0.15, -0.1) is 0 Å². The highest BCUT2D eigenvalue weighted by molar-refractivity contribution is 7.89. The van der Waals surface area contributed by atoms with E-state index in [-0.39, 0.29) is 17.2 Å². The minimum atomic E-state index is -3.87. The Morgan fingerprint density at radius 1 is 1.14 bits per heavy atom. The third-order valence-electron chi connectivity index (χ3n) is 3.33. The summed E-state index contributed by atoms with van der Waals surface area (Å²) in [6, 6.07) is 11.0. The fourth-order valence-electron chi connectivity index (χ4n) is 2.26. The predicted octanol–water partition coefficient (Wildman–Crippen LogP) is 2.62. The van der Waals surface area contributed by atoms with E-state index in [1.165, 1.54) is 6.07 Å². The van der Waals surface area contributed by atoms with E-state index in [0.717, 1.165) is 10.8 Å². The second-order valence-electron chi connectivity index (χ2n) is 5.65. The molecule has 0 aliphatic rings. The maximum atomic E-state index is 12.4. The van der Waals surface area contributed by atoms with Gasteiger partial charge in [0, 0.05) is 0 Å². The van der Waals surface area contributed by atoms with Crippen molar-refractivity contribution in [2.75, 3.05) is 0 Å². The molecule has 0 saturated carbocycles. The van der Waals surface area contributed by atoms with E-state index in [9.17, 15) is 18.3 Å². The van der Waals surface area contributed by atoms with Crippen LogP contribution in [0.1, 0.15) is 20.3 Å². The molecule has 0 amide bonds. The van der Waals surface area contributed by atoms with E-state index in [0.29, 0.717) is 0 Å². The maximum Gasteiger partial charge on any atom is 0.321 e. The Kier molecular flexibility index (Phi) is 4.83. The zero-order valence-electron chi connectivity index (χ0n) is 12.5. The molecule has 22 heavy (non-hydrogen) atoms. The standard InChI is InChI=1S/C16H19NO4S/c1-11(2)9-15(16(18)19)17-22(20,21)14-8-7-12-5-3-4-6-13(12)10-14/h3-8,10-11,15,17H,9H2,1-2H3,(H,18,19)/t15-/m0/s1. The summed E-state index contributed by atoms with van der Waals surface area (Å²) >= 11 is 0. The molecular weight excluding hydrogens is 302 g/mol. The van der Waals surface area contributed by atoms with Gasteiger partial charge in [0.2, 0.25) is 10.0 Å². The molecule has 6 heteroatoms. The first-order chi connectivity index (χ1) is 10.3. The van der Waals surface area contributed by atoms with Gasteiger partial charge in [0.05, 0.1) is 4.90 Å². The number of carbonyl (C=O) groups is 1. The number of hydrogen-bond donors (Lipinski definition) is 2. The van der Waals surface area contributed by atoms with Crippen molar-refractivity contribution in [3.63, 3.8) is 0 Å². The summed E-state index contributed by atoms with van der Waals surface area (Å²) in [6.07, 6.45) is 0.238. The van der Waals surface area contributed by atoms with Gasteiger partial charge in [0.1, 0.15) is 6.04 Å². The monoisotopic (exact) mass is 321 g/mol. The van der Waals surface area contributed by atoms with Gasteiger partial charge in [0.15, 0.2) is 0 Å². The highest BCUT2D eigenvalue weighted by Crippen LogP contribution is 2.19. The van der Waals surface area contributed by atoms with E-state index in [1.807, 2.05) is 38.1 Å². The molecule has 5 nitrogen and oxygen atoms in total. The van der Waals surface area contributed by atoms with Crippen molar-refractivity contribution in [3.8, 4) is 0 Å². The van der Waals surface area contributed by atoms with Gasteiger partial charge < -0.3 is 5.11 Å². The molecule has 2 rings (SSSR count). The molecule has 0 radical (unpaired) electrons. The van der Waals surface area contributed by atoms with Crippen LogP contribution < -0.4 is 4.72 Å². The molecule has 0 fully saturated rings. The van der Waals surface area contributed by atoms with Crippen LogP contribution in [0.3, 0.4) is 0 Å². The zero-order valence-corrected chi connectivity index (χ0v) is 13.3. The van der Waals surface area contributed by atoms with Crippen molar-refractivity contribution in [1.82, 2.24) is 4.72 Å². The van der Waals surface area contributed by atoms with Gasteiger partial charge >= 0.3 is 5.97 Å². The van der Waals surface area contributed by atoms with Gasteiger partial charge in [-0.1, -0.05) is 44.2 Å². The molecule has 0 saturated heterocycles. The van der Waals surface area contributed by atoms with Crippen LogP contribution in [0.25, 0.3) is 10.8 Å². The van der Waals surface area contributed by atoms with E-state index in [2.05, 4.69) is 4.72 Å². The molecule has 0 aliphatic heterocycles. The number of carboxylic acids is 1. The van der Waals surface area contributed by atoms with Crippen LogP contribution >= 0.6 is 0 Å². The lowest BCUT2D eigenvalue weighted by molar-refractivity contribution is -0.139. The minimum Gasteiger partial charge on any atom is -0.480 e. The Labute approximate surface area is 130 Å². The van der Waals surface area contributed by atoms with Gasteiger partial charge in [-0.2, -0.15) is 4.72 Å². The van der Waals surface area contributed by atoms with Crippen molar-refractivity contribution in [1.29, 1.82) is 0 Å². The molecule has 0 bridgehead atoms. The maximum absolute atomic E-state index is 12.4. The number of aliphatic carboxylic acids is 1. The summed E-state index contributed by atoms with van der Waals surface area (Å²) in [4.78, 5) is 11.3. The second kappa shape index (κ2) is 6.46. The van der Waals surface area contributed by atoms with Crippen molar-refractivity contribution in [3.05, 3.63) is 42.5 Å². The van der Waals surface area contributed by atoms with Crippen LogP contribution in [-0.4, -0.2) is 25.5 Å². The Hall–Kier alpha value is -1.92. The molecule has 2 aromatic carbocycles. The molecule has 0 aliphatic carbocycles. The van der Waals surface area contributed by atoms with Crippen LogP contribution in [0.2, 0.25) is 0 Å². The highest BCUT2D eigenvalue weighted by atomic mass is 32.2. The number of sulfonamides is 1. The predicted molar refractivity (Wildman–Crippen MR) is 85.1 cm³/mol. The summed E-state index contributed by atoms with van der Waals surface area (Å²) in [6.45, 7) is 3.69. The van der Waals surface area contributed by atoms with Crippen LogP contribution in [0.5, 0.6) is 0 Å². The topological polar surface area (TPSA) is 83.5 Å². The first kappa shape index (κ1) is 16.5. The van der Waals surface area contributed by atoms with Gasteiger partial charge in [-0.05, 0) is 35.2 Å². The average molecular weight is 321 g/mol. The summed E-state index contributed by atoms with van der Waals surface area (Å²) in [5, 5.41) is 10.9. The summed E-state index contributed by atoms with van der Waals surface area (Å²) in [7, 11) is -3.87. The van der Waals surface area contributed by atoms with Crippen LogP contribution in [0.4, 0.5) is 0 Å². The van der Waals surface area contributed by atoms with Crippen LogP contribution in [0.15, 0.2) is 47.4 Å². The Bertz CT molecular complexity index is 784. The Morgan fingerprint density at radius 3 is 2.36 bits per heavy atom. The number of carboxylic acid groups (broad SMARTS) is 1. The summed E-state index contributed by atoms with van der Waals surface area (Å²) in [5.41, 5.74) is 0. The number of benzene rings is 2. The fraction of sp³-hybridized carbons (Fsp3) is 0.312. The van der Waals surface area contributed by atoms with Crippen molar-refractivity contribution in [2.45, 2.75) is 31.2 Å². The van der Waals surface area contributed by atoms with Gasteiger partial charge in [0.25, 0.3) is 0 Å². The van der Waals surface area contributed by atoms with Crippen molar-refractivity contribution in [2.24, 2.45) is 5.92 Å². The molecule has 1 atom stereocenters. The quantitative estimate of drug-likeness (QED) is 0.856. The molecule has 2 aromatic rings. The smallest absolute Gasteiger partial charge is 0.321 e. The lowest BCUT2D eigenvalue weighted by Gasteiger charge is -2.16. The fourth-order valence-corrected chi connectivity index (χ4v) is 3.50. The molecule has 0 unspecified atom stereocenters. The minimum absolute atomic E-state index is 0.0698. The number of fused-ring (bicyclic) bond motifs is 1. The first-order valence-corrected chi connectivity index (χ1v) is 8.52. The molecule has 0 heterocycles. The number of hydrogen-bond acceptors (Lipinski definition) is 3. The third kappa shape index (κ3) is 3.84. The lowest BCUT2D eigenvalue weighted by atomic mass is 10.1. The van der Waals surface area contributed by atoms with Crippen molar-refractivity contribution < 1.29 is 18.3 Å². The van der Waals surface area contributed by atoms with E-state index >= 15 is 0 Å². The van der Waals surface area contributed by atoms with Crippen LogP contribution in [-0.2, 0) is 14.8 Å².